The van der Waals surface area contributed by atoms with Crippen molar-refractivity contribution in [3.8, 4) is 0 Å². The van der Waals surface area contributed by atoms with Crippen molar-refractivity contribution >= 4 is 6.29 Å². The first-order valence-electron chi connectivity index (χ1n) is 5.13. The van der Waals surface area contributed by atoms with Crippen molar-refractivity contribution in [2.45, 2.75) is 19.3 Å². The van der Waals surface area contributed by atoms with E-state index >= 15 is 0 Å². The Hall–Kier alpha value is -1.23. The van der Waals surface area contributed by atoms with Crippen molar-refractivity contribution in [1.29, 1.82) is 0 Å². The second kappa shape index (κ2) is 4.10. The molecule has 0 aliphatic carbocycles. The fourth-order valence-corrected chi connectivity index (χ4v) is 1.94. The Bertz CT molecular complexity index is 342. The quantitative estimate of drug-likeness (QED) is 0.674. The molecule has 2 rings (SSSR count). The van der Waals surface area contributed by atoms with E-state index in [0.717, 1.165) is 24.8 Å². The number of hydrogen-bond acceptors (Lipinski definition) is 4. The zero-order valence-electron chi connectivity index (χ0n) is 8.85. The molecule has 0 aromatic carbocycles. The third-order valence-corrected chi connectivity index (χ3v) is 2.92. The number of aromatic nitrogens is 3. The van der Waals surface area contributed by atoms with E-state index in [1.54, 1.807) is 13.2 Å². The molecule has 5 heteroatoms. The molecule has 1 saturated heterocycles. The first-order valence-corrected chi connectivity index (χ1v) is 5.13. The van der Waals surface area contributed by atoms with Crippen LogP contribution in [0.25, 0.3) is 0 Å². The van der Waals surface area contributed by atoms with Crippen LogP contribution in [0.2, 0.25) is 0 Å². The lowest BCUT2D eigenvalue weighted by atomic mass is 9.78. The molecular weight excluding hydrogens is 194 g/mol. The van der Waals surface area contributed by atoms with E-state index in [2.05, 4.69) is 10.2 Å². The molecule has 1 fully saturated rings. The molecule has 0 spiro atoms. The number of carbonyl (C=O) groups is 1. The van der Waals surface area contributed by atoms with Gasteiger partial charge in [0, 0.05) is 32.1 Å². The van der Waals surface area contributed by atoms with Gasteiger partial charge in [-0.25, -0.2) is 0 Å². The lowest BCUT2D eigenvalue weighted by Crippen LogP contribution is -2.33. The van der Waals surface area contributed by atoms with Gasteiger partial charge in [-0.05, 0) is 12.8 Å². The molecule has 1 aliphatic rings. The molecule has 5 nitrogen and oxygen atoms in total. The van der Waals surface area contributed by atoms with Gasteiger partial charge < -0.3 is 9.53 Å². The number of rotatable bonds is 3. The lowest BCUT2D eigenvalue weighted by molar-refractivity contribution is -0.121. The predicted octanol–water partition coefficient (Wildman–Crippen LogP) is 0.353. The summed E-state index contributed by atoms with van der Waals surface area (Å²) in [5.74, 6) is 0. The molecular formula is C10H15N3O2. The van der Waals surface area contributed by atoms with Crippen LogP contribution in [-0.4, -0.2) is 34.5 Å². The van der Waals surface area contributed by atoms with Gasteiger partial charge in [-0.1, -0.05) is 0 Å². The third-order valence-electron chi connectivity index (χ3n) is 2.92. The maximum absolute atomic E-state index is 11.2. The highest BCUT2D eigenvalue weighted by Crippen LogP contribution is 2.31. The fourth-order valence-electron chi connectivity index (χ4n) is 1.94. The maximum Gasteiger partial charge on any atom is 0.126 e. The van der Waals surface area contributed by atoms with Gasteiger partial charge in [0.1, 0.15) is 6.29 Å². The van der Waals surface area contributed by atoms with Gasteiger partial charge in [0.2, 0.25) is 0 Å². The Morgan fingerprint density at radius 3 is 2.87 bits per heavy atom. The Morgan fingerprint density at radius 1 is 1.60 bits per heavy atom. The molecule has 0 amide bonds. The summed E-state index contributed by atoms with van der Waals surface area (Å²) in [5.41, 5.74) is 0.598. The topological polar surface area (TPSA) is 57.0 Å². The number of ether oxygens (including phenoxy) is 1. The Labute approximate surface area is 88.4 Å². The van der Waals surface area contributed by atoms with Crippen LogP contribution >= 0.6 is 0 Å². The molecule has 82 valence electrons. The highest BCUT2D eigenvalue weighted by atomic mass is 16.5. The lowest BCUT2D eigenvalue weighted by Gasteiger charge is -2.31. The van der Waals surface area contributed by atoms with E-state index in [-0.39, 0.29) is 5.41 Å². The van der Waals surface area contributed by atoms with Gasteiger partial charge in [0.05, 0.1) is 11.9 Å². The summed E-state index contributed by atoms with van der Waals surface area (Å²) in [6, 6.07) is 0. The molecule has 0 saturated carbocycles. The van der Waals surface area contributed by atoms with Crippen LogP contribution < -0.4 is 0 Å². The van der Waals surface area contributed by atoms with Crippen molar-refractivity contribution < 1.29 is 9.53 Å². The Kier molecular flexibility index (Phi) is 2.81. The first kappa shape index (κ1) is 10.3. The van der Waals surface area contributed by atoms with Gasteiger partial charge in [-0.2, -0.15) is 15.0 Å². The summed E-state index contributed by atoms with van der Waals surface area (Å²) >= 11 is 0. The van der Waals surface area contributed by atoms with Gasteiger partial charge in [-0.3, -0.25) is 0 Å². The van der Waals surface area contributed by atoms with Crippen LogP contribution in [0.5, 0.6) is 0 Å². The molecule has 0 N–H and O–H groups in total. The Morgan fingerprint density at radius 2 is 2.33 bits per heavy atom. The molecule has 0 radical (unpaired) electrons. The van der Waals surface area contributed by atoms with Crippen LogP contribution in [0.15, 0.2) is 6.20 Å². The minimum absolute atomic E-state index is 0.283. The van der Waals surface area contributed by atoms with Gasteiger partial charge in [0.25, 0.3) is 0 Å². The van der Waals surface area contributed by atoms with Crippen LogP contribution in [0.1, 0.15) is 18.5 Å². The highest BCUT2D eigenvalue weighted by Gasteiger charge is 2.33. The zero-order valence-corrected chi connectivity index (χ0v) is 8.85. The van der Waals surface area contributed by atoms with E-state index in [9.17, 15) is 4.79 Å². The standard InChI is InChI=1S/C10H15N3O2/c1-13-11-7-9(12-13)6-10(8-14)2-4-15-5-3-10/h7-8H,2-6H2,1H3. The Balaban J connectivity index is 2.10. The fraction of sp³-hybridized carbons (Fsp3) is 0.700. The minimum Gasteiger partial charge on any atom is -0.381 e. The molecule has 15 heavy (non-hydrogen) atoms. The van der Waals surface area contributed by atoms with Crippen molar-refractivity contribution in [3.63, 3.8) is 0 Å². The van der Waals surface area contributed by atoms with Crippen molar-refractivity contribution in [2.24, 2.45) is 12.5 Å². The van der Waals surface area contributed by atoms with Crippen LogP contribution in [0, 0.1) is 5.41 Å². The molecule has 0 unspecified atom stereocenters. The monoisotopic (exact) mass is 209 g/mol. The number of hydrogen-bond donors (Lipinski definition) is 0. The smallest absolute Gasteiger partial charge is 0.126 e. The summed E-state index contributed by atoms with van der Waals surface area (Å²) in [6.07, 6.45) is 5.03. The van der Waals surface area contributed by atoms with Crippen LogP contribution in [0.3, 0.4) is 0 Å². The van der Waals surface area contributed by atoms with Crippen molar-refractivity contribution in [3.05, 3.63) is 11.9 Å². The molecule has 1 aliphatic heterocycles. The number of aldehydes is 1. The summed E-state index contributed by atoms with van der Waals surface area (Å²) in [6.45, 7) is 1.33. The zero-order chi connectivity index (χ0) is 10.7. The van der Waals surface area contributed by atoms with Crippen LogP contribution in [0.4, 0.5) is 0 Å². The average molecular weight is 209 g/mol. The summed E-state index contributed by atoms with van der Waals surface area (Å²) in [4.78, 5) is 12.7. The molecule has 0 bridgehead atoms. The van der Waals surface area contributed by atoms with Crippen molar-refractivity contribution in [1.82, 2.24) is 15.0 Å². The van der Waals surface area contributed by atoms with E-state index in [1.165, 1.54) is 4.80 Å². The summed E-state index contributed by atoms with van der Waals surface area (Å²) in [7, 11) is 1.78. The van der Waals surface area contributed by atoms with Crippen LogP contribution in [-0.2, 0) is 23.0 Å². The SMILES string of the molecule is Cn1ncc(CC2(C=O)CCOCC2)n1. The molecule has 2 heterocycles. The minimum atomic E-state index is -0.283. The van der Waals surface area contributed by atoms with Crippen molar-refractivity contribution in [2.75, 3.05) is 13.2 Å². The van der Waals surface area contributed by atoms with E-state index in [0.29, 0.717) is 19.6 Å². The molecule has 1 aromatic rings. The largest absolute Gasteiger partial charge is 0.381 e. The van der Waals surface area contributed by atoms with Gasteiger partial charge >= 0.3 is 0 Å². The van der Waals surface area contributed by atoms with E-state index in [4.69, 9.17) is 4.74 Å². The number of aryl methyl sites for hydroxylation is 1. The number of carbonyl (C=O) groups excluding carboxylic acids is 1. The average Bonchev–Trinajstić information content (AvgIpc) is 2.65. The summed E-state index contributed by atoms with van der Waals surface area (Å²) in [5, 5.41) is 8.21. The summed E-state index contributed by atoms with van der Waals surface area (Å²) < 4.78 is 5.27. The first-order chi connectivity index (χ1) is 7.24. The third kappa shape index (κ3) is 2.23. The normalized spacial score (nSPS) is 20.1. The number of nitrogens with zero attached hydrogens (tertiary/aromatic N) is 3. The highest BCUT2D eigenvalue weighted by molar-refractivity contribution is 5.60. The van der Waals surface area contributed by atoms with E-state index in [1.807, 2.05) is 0 Å². The van der Waals surface area contributed by atoms with Gasteiger partial charge in [-0.15, -0.1) is 0 Å². The van der Waals surface area contributed by atoms with Gasteiger partial charge in [0.15, 0.2) is 0 Å². The second-order valence-corrected chi connectivity index (χ2v) is 4.09. The molecule has 1 aromatic heterocycles. The second-order valence-electron chi connectivity index (χ2n) is 4.09. The predicted molar refractivity (Wildman–Crippen MR) is 53.3 cm³/mol. The van der Waals surface area contributed by atoms with E-state index < -0.39 is 0 Å². The molecule has 0 atom stereocenters. The maximum atomic E-state index is 11.2.